The van der Waals surface area contributed by atoms with Gasteiger partial charge in [-0.1, -0.05) is 18.2 Å². The molecule has 2 aromatic carbocycles. The van der Waals surface area contributed by atoms with Gasteiger partial charge in [0.05, 0.1) is 4.90 Å². The van der Waals surface area contributed by atoms with Crippen LogP contribution in [0.4, 0.5) is 11.4 Å². The summed E-state index contributed by atoms with van der Waals surface area (Å²) in [7, 11) is 0.255. The average molecular weight is 415 g/mol. The molecule has 7 nitrogen and oxygen atoms in total. The zero-order valence-electron chi connectivity index (χ0n) is 16.7. The van der Waals surface area contributed by atoms with Crippen LogP contribution in [0.5, 0.6) is 0 Å². The van der Waals surface area contributed by atoms with E-state index in [1.807, 2.05) is 43.3 Å². The third-order valence-electron chi connectivity index (χ3n) is 4.65. The Labute approximate surface area is 171 Å². The lowest BCUT2D eigenvalue weighted by Crippen LogP contribution is -2.29. The van der Waals surface area contributed by atoms with E-state index in [9.17, 15) is 13.2 Å². The van der Waals surface area contributed by atoms with Gasteiger partial charge >= 0.3 is 0 Å². The number of sulfonamides is 1. The molecule has 0 spiro atoms. The van der Waals surface area contributed by atoms with Crippen molar-refractivity contribution in [2.75, 3.05) is 30.9 Å². The second-order valence-corrected chi connectivity index (χ2v) is 8.86. The Kier molecular flexibility index (Phi) is 6.53. The summed E-state index contributed by atoms with van der Waals surface area (Å²) in [4.78, 5) is 18.6. The number of carbonyl (C=O) groups is 1. The lowest BCUT2D eigenvalue weighted by molar-refractivity contribution is -0.116. The molecule has 0 aromatic heterocycles. The fourth-order valence-corrected chi connectivity index (χ4v) is 4.15. The Morgan fingerprint density at radius 2 is 1.90 bits per heavy atom. The fourth-order valence-electron chi connectivity index (χ4n) is 3.02. The van der Waals surface area contributed by atoms with Gasteiger partial charge in [0.25, 0.3) is 10.0 Å². The number of rotatable bonds is 7. The molecule has 0 unspecified atom stereocenters. The minimum absolute atomic E-state index is 0.101. The highest BCUT2D eigenvalue weighted by Crippen LogP contribution is 2.18. The average Bonchev–Trinajstić information content (AvgIpc) is 3.19. The Bertz CT molecular complexity index is 999. The van der Waals surface area contributed by atoms with Gasteiger partial charge in [0.15, 0.2) is 0 Å². The zero-order valence-corrected chi connectivity index (χ0v) is 17.5. The lowest BCUT2D eigenvalue weighted by atomic mass is 10.1. The molecule has 0 fully saturated rings. The molecule has 0 bridgehead atoms. The van der Waals surface area contributed by atoms with Crippen molar-refractivity contribution in [1.29, 1.82) is 0 Å². The summed E-state index contributed by atoms with van der Waals surface area (Å²) < 4.78 is 27.5. The van der Waals surface area contributed by atoms with E-state index in [2.05, 4.69) is 15.0 Å². The van der Waals surface area contributed by atoms with Crippen molar-refractivity contribution >= 4 is 33.1 Å². The number of anilines is 2. The summed E-state index contributed by atoms with van der Waals surface area (Å²) in [6.07, 6.45) is 2.41. The number of nitrogens with one attached hydrogen (secondary N) is 2. The standard InChI is InChI=1S/C21H26N4O3S/c1-25(2)18-11-8-16(9-12-18)10-13-21(26)23-17-5-3-6-19(15-17)29(27,28)24-20-7-4-14-22-20/h3,5-6,8-9,11-12,15H,4,7,10,13-14H2,1-2H3,(H,22,24)(H,23,26). The Morgan fingerprint density at radius 1 is 1.14 bits per heavy atom. The maximum absolute atomic E-state index is 12.5. The van der Waals surface area contributed by atoms with Crippen LogP contribution >= 0.6 is 0 Å². The normalized spacial score (nSPS) is 13.7. The lowest BCUT2D eigenvalue weighted by Gasteiger charge is -2.12. The van der Waals surface area contributed by atoms with Crippen molar-refractivity contribution in [2.45, 2.75) is 30.6 Å². The quantitative estimate of drug-likeness (QED) is 0.729. The van der Waals surface area contributed by atoms with Gasteiger partial charge in [-0.05, 0) is 48.7 Å². The van der Waals surface area contributed by atoms with Crippen molar-refractivity contribution in [2.24, 2.45) is 4.99 Å². The number of amidine groups is 1. The molecular formula is C21H26N4O3S. The number of benzene rings is 2. The minimum Gasteiger partial charge on any atom is -0.378 e. The Hall–Kier alpha value is -2.87. The molecule has 29 heavy (non-hydrogen) atoms. The van der Waals surface area contributed by atoms with E-state index in [1.54, 1.807) is 12.1 Å². The largest absolute Gasteiger partial charge is 0.378 e. The first-order chi connectivity index (χ1) is 13.8. The van der Waals surface area contributed by atoms with Gasteiger partial charge in [-0.3, -0.25) is 14.5 Å². The van der Waals surface area contributed by atoms with E-state index < -0.39 is 10.0 Å². The summed E-state index contributed by atoms with van der Waals surface area (Å²) in [5.74, 6) is 0.323. The van der Waals surface area contributed by atoms with E-state index in [-0.39, 0.29) is 10.8 Å². The van der Waals surface area contributed by atoms with Crippen LogP contribution in [0.2, 0.25) is 0 Å². The molecule has 1 amide bonds. The summed E-state index contributed by atoms with van der Waals surface area (Å²) in [5, 5.41) is 2.78. The second kappa shape index (κ2) is 9.09. The summed E-state index contributed by atoms with van der Waals surface area (Å²) >= 11 is 0. The first-order valence-electron chi connectivity index (χ1n) is 9.56. The Morgan fingerprint density at radius 3 is 2.55 bits per heavy atom. The van der Waals surface area contributed by atoms with Crippen LogP contribution in [-0.4, -0.2) is 40.8 Å². The van der Waals surface area contributed by atoms with Crippen LogP contribution in [0.15, 0.2) is 58.4 Å². The summed E-state index contributed by atoms with van der Waals surface area (Å²) in [6, 6.07) is 14.3. The molecular weight excluding hydrogens is 388 g/mol. The number of amides is 1. The van der Waals surface area contributed by atoms with Crippen LogP contribution in [-0.2, 0) is 21.2 Å². The van der Waals surface area contributed by atoms with Crippen molar-refractivity contribution in [1.82, 2.24) is 4.72 Å². The molecule has 0 saturated carbocycles. The molecule has 1 heterocycles. The van der Waals surface area contributed by atoms with Gasteiger partial charge in [0.1, 0.15) is 5.84 Å². The topological polar surface area (TPSA) is 90.9 Å². The minimum atomic E-state index is -3.70. The number of nitrogens with zero attached hydrogens (tertiary/aromatic N) is 2. The molecule has 2 aromatic rings. The van der Waals surface area contributed by atoms with Gasteiger partial charge in [-0.25, -0.2) is 8.42 Å². The van der Waals surface area contributed by atoms with Gasteiger partial charge in [0, 0.05) is 44.9 Å². The number of hydrogen-bond donors (Lipinski definition) is 2. The van der Waals surface area contributed by atoms with Crippen LogP contribution in [0.1, 0.15) is 24.8 Å². The van der Waals surface area contributed by atoms with Gasteiger partial charge in [-0.15, -0.1) is 0 Å². The van der Waals surface area contributed by atoms with Crippen molar-refractivity contribution in [3.8, 4) is 0 Å². The number of carbonyl (C=O) groups excluding carboxylic acids is 1. The maximum atomic E-state index is 12.5. The van der Waals surface area contributed by atoms with Gasteiger partial charge < -0.3 is 10.2 Å². The summed E-state index contributed by atoms with van der Waals surface area (Å²) in [6.45, 7) is 0.645. The van der Waals surface area contributed by atoms with Crippen LogP contribution in [0.25, 0.3) is 0 Å². The first kappa shape index (κ1) is 20.9. The molecule has 154 valence electrons. The van der Waals surface area contributed by atoms with Crippen molar-refractivity contribution in [3.63, 3.8) is 0 Å². The fraction of sp³-hybridized carbons (Fsp3) is 0.333. The predicted molar refractivity (Wildman–Crippen MR) is 116 cm³/mol. The van der Waals surface area contributed by atoms with Crippen LogP contribution in [0, 0.1) is 0 Å². The van der Waals surface area contributed by atoms with Crippen molar-refractivity contribution < 1.29 is 13.2 Å². The highest BCUT2D eigenvalue weighted by Gasteiger charge is 2.18. The van der Waals surface area contributed by atoms with Crippen molar-refractivity contribution in [3.05, 3.63) is 54.1 Å². The summed E-state index contributed by atoms with van der Waals surface area (Å²) in [5.41, 5.74) is 2.63. The predicted octanol–water partition coefficient (Wildman–Crippen LogP) is 2.79. The molecule has 0 aliphatic carbocycles. The third-order valence-corrected chi connectivity index (χ3v) is 6.03. The number of hydrogen-bond acceptors (Lipinski definition) is 5. The Balaban J connectivity index is 1.58. The molecule has 0 radical (unpaired) electrons. The first-order valence-corrected chi connectivity index (χ1v) is 11.0. The van der Waals surface area contributed by atoms with E-state index in [4.69, 9.17) is 0 Å². The highest BCUT2D eigenvalue weighted by molar-refractivity contribution is 7.90. The van der Waals surface area contributed by atoms with Gasteiger partial charge in [-0.2, -0.15) is 0 Å². The molecule has 0 atom stereocenters. The third kappa shape index (κ3) is 5.80. The monoisotopic (exact) mass is 414 g/mol. The molecule has 2 N–H and O–H groups in total. The number of aliphatic imine (C=N–C) groups is 1. The SMILES string of the molecule is CN(C)c1ccc(CCC(=O)Nc2cccc(S(=O)(=O)NC3=NCCC3)c2)cc1. The smallest absolute Gasteiger partial charge is 0.262 e. The van der Waals surface area contributed by atoms with E-state index in [0.717, 1.165) is 17.7 Å². The highest BCUT2D eigenvalue weighted by atomic mass is 32.2. The second-order valence-electron chi connectivity index (χ2n) is 7.17. The van der Waals surface area contributed by atoms with E-state index >= 15 is 0 Å². The molecule has 3 rings (SSSR count). The zero-order chi connectivity index (χ0) is 20.9. The maximum Gasteiger partial charge on any atom is 0.262 e. The molecule has 1 aliphatic heterocycles. The molecule has 1 aliphatic rings. The van der Waals surface area contributed by atoms with Gasteiger partial charge in [0.2, 0.25) is 5.91 Å². The van der Waals surface area contributed by atoms with E-state index in [1.165, 1.54) is 12.1 Å². The number of aryl methyl sites for hydroxylation is 1. The molecule has 0 saturated heterocycles. The van der Waals surface area contributed by atoms with Crippen LogP contribution in [0.3, 0.4) is 0 Å². The molecule has 8 heteroatoms. The van der Waals surface area contributed by atoms with Crippen LogP contribution < -0.4 is 14.9 Å². The van der Waals surface area contributed by atoms with E-state index in [0.29, 0.717) is 37.3 Å².